The van der Waals surface area contributed by atoms with E-state index in [1.165, 1.54) is 0 Å². The third-order valence-electron chi connectivity index (χ3n) is 2.78. The number of hydrogen-bond acceptors (Lipinski definition) is 3. The monoisotopic (exact) mass is 205 g/mol. The Morgan fingerprint density at radius 1 is 1.47 bits per heavy atom. The smallest absolute Gasteiger partial charge is 0.0953 e. The molecule has 0 bridgehead atoms. The summed E-state index contributed by atoms with van der Waals surface area (Å²) >= 11 is 0. The lowest BCUT2D eigenvalue weighted by molar-refractivity contribution is 0.562. The molecule has 1 atom stereocenters. The van der Waals surface area contributed by atoms with E-state index in [1.54, 1.807) is 12.5 Å². The van der Waals surface area contributed by atoms with Crippen LogP contribution in [0.15, 0.2) is 23.0 Å². The lowest BCUT2D eigenvalue weighted by Crippen LogP contribution is -2.13. The van der Waals surface area contributed by atoms with Gasteiger partial charge in [0.1, 0.15) is 0 Å². The van der Waals surface area contributed by atoms with Gasteiger partial charge in [0.15, 0.2) is 0 Å². The lowest BCUT2D eigenvalue weighted by Gasteiger charge is -2.09. The van der Waals surface area contributed by atoms with E-state index < -0.39 is 0 Å². The summed E-state index contributed by atoms with van der Waals surface area (Å²) < 4.78 is 6.89. The van der Waals surface area contributed by atoms with Crippen LogP contribution in [0.4, 0.5) is 0 Å². The molecule has 0 fully saturated rings. The molecule has 15 heavy (non-hydrogen) atoms. The number of aromatic nitrogens is 2. The fourth-order valence-corrected chi connectivity index (χ4v) is 1.86. The maximum atomic E-state index is 6.16. The van der Waals surface area contributed by atoms with Crippen molar-refractivity contribution in [2.24, 2.45) is 12.8 Å². The molecule has 2 aromatic heterocycles. The van der Waals surface area contributed by atoms with Gasteiger partial charge in [-0.25, -0.2) is 0 Å². The molecule has 0 radical (unpaired) electrons. The van der Waals surface area contributed by atoms with Crippen molar-refractivity contribution in [2.75, 3.05) is 0 Å². The third kappa shape index (κ3) is 1.57. The van der Waals surface area contributed by atoms with Crippen molar-refractivity contribution in [1.29, 1.82) is 0 Å². The first-order valence-corrected chi connectivity index (χ1v) is 4.89. The molecule has 0 saturated carbocycles. The zero-order chi connectivity index (χ0) is 11.0. The van der Waals surface area contributed by atoms with Crippen molar-refractivity contribution in [3.63, 3.8) is 0 Å². The van der Waals surface area contributed by atoms with Gasteiger partial charge in [0.05, 0.1) is 24.3 Å². The molecule has 0 aromatic carbocycles. The SMILES string of the molecule is Cc1nn(C)c(C)c1C(N)c1ccoc1. The van der Waals surface area contributed by atoms with Gasteiger partial charge in [-0.3, -0.25) is 4.68 Å². The Bertz CT molecular complexity index is 456. The van der Waals surface area contributed by atoms with Crippen LogP contribution in [0.1, 0.15) is 28.6 Å². The Hall–Kier alpha value is -1.55. The number of rotatable bonds is 2. The molecule has 0 saturated heterocycles. The first-order chi connectivity index (χ1) is 7.11. The van der Waals surface area contributed by atoms with E-state index in [0.29, 0.717) is 0 Å². The highest BCUT2D eigenvalue weighted by atomic mass is 16.3. The van der Waals surface area contributed by atoms with Crippen LogP contribution in [0.3, 0.4) is 0 Å². The Morgan fingerprint density at radius 3 is 2.67 bits per heavy atom. The Kier molecular flexibility index (Phi) is 2.36. The summed E-state index contributed by atoms with van der Waals surface area (Å²) in [5.74, 6) is 0. The number of hydrogen-bond donors (Lipinski definition) is 1. The van der Waals surface area contributed by atoms with Crippen LogP contribution in [0.2, 0.25) is 0 Å². The molecule has 80 valence electrons. The lowest BCUT2D eigenvalue weighted by atomic mass is 10.0. The summed E-state index contributed by atoms with van der Waals surface area (Å²) in [6.07, 6.45) is 3.31. The molecule has 1 unspecified atom stereocenters. The van der Waals surface area contributed by atoms with Gasteiger partial charge < -0.3 is 10.2 Å². The van der Waals surface area contributed by atoms with E-state index in [-0.39, 0.29) is 6.04 Å². The highest BCUT2D eigenvalue weighted by Gasteiger charge is 2.18. The third-order valence-corrected chi connectivity index (χ3v) is 2.78. The van der Waals surface area contributed by atoms with Crippen molar-refractivity contribution in [3.05, 3.63) is 41.1 Å². The molecular weight excluding hydrogens is 190 g/mol. The average Bonchev–Trinajstić information content (AvgIpc) is 2.76. The number of nitrogens with two attached hydrogens (primary N) is 1. The molecule has 0 spiro atoms. The van der Waals surface area contributed by atoms with Crippen LogP contribution in [0.25, 0.3) is 0 Å². The van der Waals surface area contributed by atoms with Crippen LogP contribution >= 0.6 is 0 Å². The van der Waals surface area contributed by atoms with Crippen LogP contribution in [0, 0.1) is 13.8 Å². The van der Waals surface area contributed by atoms with Gasteiger partial charge in [-0.1, -0.05) is 0 Å². The minimum Gasteiger partial charge on any atom is -0.472 e. The molecule has 4 heteroatoms. The Balaban J connectivity index is 2.46. The normalized spacial score (nSPS) is 13.1. The number of nitrogens with zero attached hydrogens (tertiary/aromatic N) is 2. The summed E-state index contributed by atoms with van der Waals surface area (Å²) in [4.78, 5) is 0. The van der Waals surface area contributed by atoms with Crippen molar-refractivity contribution < 1.29 is 4.42 Å². The van der Waals surface area contributed by atoms with E-state index in [0.717, 1.165) is 22.5 Å². The van der Waals surface area contributed by atoms with Gasteiger partial charge in [0, 0.05) is 23.9 Å². The molecule has 0 aliphatic heterocycles. The molecule has 2 aromatic rings. The number of furan rings is 1. The van der Waals surface area contributed by atoms with Gasteiger partial charge in [0.25, 0.3) is 0 Å². The van der Waals surface area contributed by atoms with E-state index in [4.69, 9.17) is 10.2 Å². The van der Waals surface area contributed by atoms with E-state index in [9.17, 15) is 0 Å². The van der Waals surface area contributed by atoms with Gasteiger partial charge >= 0.3 is 0 Å². The van der Waals surface area contributed by atoms with Crippen molar-refractivity contribution >= 4 is 0 Å². The topological polar surface area (TPSA) is 57.0 Å². The van der Waals surface area contributed by atoms with Gasteiger partial charge in [0.2, 0.25) is 0 Å². The van der Waals surface area contributed by atoms with Crippen molar-refractivity contribution in [3.8, 4) is 0 Å². The van der Waals surface area contributed by atoms with E-state index in [2.05, 4.69) is 5.10 Å². The standard InChI is InChI=1S/C11H15N3O/c1-7-10(8(2)14(3)13-7)11(12)9-4-5-15-6-9/h4-6,11H,12H2,1-3H3. The first kappa shape index (κ1) is 9.98. The summed E-state index contributed by atoms with van der Waals surface area (Å²) in [6.45, 7) is 4.00. The predicted molar refractivity (Wildman–Crippen MR) is 57.4 cm³/mol. The van der Waals surface area contributed by atoms with Crippen molar-refractivity contribution in [1.82, 2.24) is 9.78 Å². The van der Waals surface area contributed by atoms with E-state index in [1.807, 2.05) is 31.6 Å². The highest BCUT2D eigenvalue weighted by Crippen LogP contribution is 2.25. The molecule has 2 heterocycles. The van der Waals surface area contributed by atoms with Gasteiger partial charge in [-0.05, 0) is 19.9 Å². The van der Waals surface area contributed by atoms with Gasteiger partial charge in [-0.15, -0.1) is 0 Å². The van der Waals surface area contributed by atoms with Crippen LogP contribution in [-0.4, -0.2) is 9.78 Å². The molecule has 0 aliphatic carbocycles. The van der Waals surface area contributed by atoms with Crippen LogP contribution in [0.5, 0.6) is 0 Å². The quantitative estimate of drug-likeness (QED) is 0.811. The Labute approximate surface area is 88.7 Å². The number of aryl methyl sites for hydroxylation is 2. The summed E-state index contributed by atoms with van der Waals surface area (Å²) in [5.41, 5.74) is 10.3. The van der Waals surface area contributed by atoms with Gasteiger partial charge in [-0.2, -0.15) is 5.10 Å². The largest absolute Gasteiger partial charge is 0.472 e. The second-order valence-electron chi connectivity index (χ2n) is 3.74. The molecular formula is C11H15N3O. The molecule has 0 aliphatic rings. The minimum atomic E-state index is -0.155. The average molecular weight is 205 g/mol. The maximum absolute atomic E-state index is 6.16. The molecule has 2 rings (SSSR count). The molecule has 4 nitrogen and oxygen atoms in total. The summed E-state index contributed by atoms with van der Waals surface area (Å²) in [6, 6.07) is 1.73. The maximum Gasteiger partial charge on any atom is 0.0953 e. The Morgan fingerprint density at radius 2 is 2.20 bits per heavy atom. The second-order valence-corrected chi connectivity index (χ2v) is 3.74. The van der Waals surface area contributed by atoms with E-state index >= 15 is 0 Å². The zero-order valence-corrected chi connectivity index (χ0v) is 9.19. The van der Waals surface area contributed by atoms with Crippen LogP contribution in [-0.2, 0) is 7.05 Å². The fraction of sp³-hybridized carbons (Fsp3) is 0.364. The minimum absolute atomic E-state index is 0.155. The molecule has 0 amide bonds. The summed E-state index contributed by atoms with van der Waals surface area (Å²) in [5, 5.41) is 4.35. The molecule has 2 N–H and O–H groups in total. The zero-order valence-electron chi connectivity index (χ0n) is 9.19. The van der Waals surface area contributed by atoms with Crippen molar-refractivity contribution in [2.45, 2.75) is 19.9 Å². The highest BCUT2D eigenvalue weighted by molar-refractivity contribution is 5.35. The predicted octanol–water partition coefficient (Wildman–Crippen LogP) is 1.68. The van der Waals surface area contributed by atoms with Crippen LogP contribution < -0.4 is 5.73 Å². The fourth-order valence-electron chi connectivity index (χ4n) is 1.86. The second kappa shape index (κ2) is 3.55. The first-order valence-electron chi connectivity index (χ1n) is 4.89. The summed E-state index contributed by atoms with van der Waals surface area (Å²) in [7, 11) is 1.92.